The molecule has 1 aromatic carbocycles. The molecule has 30 heavy (non-hydrogen) atoms. The molecule has 3 N–H and O–H groups in total. The molecule has 154 valence electrons. The molecule has 1 aliphatic carbocycles. The molecule has 4 rings (SSSR count). The monoisotopic (exact) mass is 426 g/mol. The summed E-state index contributed by atoms with van der Waals surface area (Å²) in [7, 11) is 1.34. The average Bonchev–Trinajstić information content (AvgIpc) is 3.34. The van der Waals surface area contributed by atoms with Gasteiger partial charge in [0, 0.05) is 19.0 Å². The largest absolute Gasteiger partial charge is 0.479 e. The summed E-state index contributed by atoms with van der Waals surface area (Å²) in [5.41, 5.74) is 1.55. The van der Waals surface area contributed by atoms with E-state index in [0.717, 1.165) is 11.3 Å². The van der Waals surface area contributed by atoms with Crippen LogP contribution in [0.15, 0.2) is 46.8 Å². The van der Waals surface area contributed by atoms with E-state index in [1.54, 1.807) is 11.4 Å². The van der Waals surface area contributed by atoms with E-state index in [0.29, 0.717) is 10.6 Å². The van der Waals surface area contributed by atoms with E-state index in [1.807, 2.05) is 30.3 Å². The number of Topliss-reactive ketones (excluding diaryl/α,β-unsaturated/α-hetero) is 1. The van der Waals surface area contributed by atoms with Crippen molar-refractivity contribution in [2.75, 3.05) is 12.4 Å². The van der Waals surface area contributed by atoms with Crippen molar-refractivity contribution in [2.24, 2.45) is 4.99 Å². The first-order valence-corrected chi connectivity index (χ1v) is 10.1. The molecule has 1 fully saturated rings. The fourth-order valence-electron chi connectivity index (χ4n) is 3.36. The number of anilines is 1. The Labute approximate surface area is 175 Å². The minimum Gasteiger partial charge on any atom is -0.479 e. The number of carbonyl (C=O) groups excluding carboxylic acids is 3. The number of carbonyl (C=O) groups is 4. The van der Waals surface area contributed by atoms with Crippen LogP contribution >= 0.6 is 11.3 Å². The molecule has 2 aliphatic rings. The number of thiophene rings is 1. The highest BCUT2D eigenvalue weighted by molar-refractivity contribution is 7.12. The van der Waals surface area contributed by atoms with Gasteiger partial charge in [-0.15, -0.1) is 11.3 Å². The zero-order valence-electron chi connectivity index (χ0n) is 15.9. The van der Waals surface area contributed by atoms with E-state index < -0.39 is 29.7 Å². The van der Waals surface area contributed by atoms with Crippen LogP contribution in [0.3, 0.4) is 0 Å². The van der Waals surface area contributed by atoms with Crippen molar-refractivity contribution in [1.29, 1.82) is 0 Å². The second-order valence-electron chi connectivity index (χ2n) is 7.04. The molecule has 9 nitrogen and oxygen atoms in total. The lowest BCUT2D eigenvalue weighted by atomic mass is 10.1. The van der Waals surface area contributed by atoms with Gasteiger partial charge in [-0.1, -0.05) is 30.3 Å². The van der Waals surface area contributed by atoms with E-state index in [2.05, 4.69) is 15.6 Å². The number of hydrogen-bond acceptors (Lipinski definition) is 6. The maximum atomic E-state index is 12.5. The third-order valence-corrected chi connectivity index (χ3v) is 5.93. The fraction of sp³-hybridized carbons (Fsp3) is 0.250. The Morgan fingerprint density at radius 3 is 2.63 bits per heavy atom. The Bertz CT molecular complexity index is 1060. The van der Waals surface area contributed by atoms with Crippen LogP contribution in [-0.4, -0.2) is 58.7 Å². The Kier molecular flexibility index (Phi) is 5.08. The Morgan fingerprint density at radius 1 is 1.20 bits per heavy atom. The van der Waals surface area contributed by atoms with Gasteiger partial charge in [-0.2, -0.15) is 0 Å². The first-order chi connectivity index (χ1) is 14.4. The Morgan fingerprint density at radius 2 is 1.93 bits per heavy atom. The quantitative estimate of drug-likeness (QED) is 0.495. The van der Waals surface area contributed by atoms with Crippen molar-refractivity contribution in [3.8, 4) is 0 Å². The maximum Gasteiger partial charge on any atom is 0.336 e. The standard InChI is InChI=1S/C20H18N4O5S/c1-24-17(23-14(19(27)28)15(25)18(24)26)16-12(7-8-30-16)21-20(29)22-13-9-11(13)10-5-3-2-4-6-10/h2-8,11,13-14H,9H2,1H3,(H,27,28)(H2,21,22,29). The van der Waals surface area contributed by atoms with Gasteiger partial charge in [-0.05, 0) is 23.4 Å². The number of ketones is 1. The van der Waals surface area contributed by atoms with E-state index >= 15 is 0 Å². The number of nitrogens with one attached hydrogen (secondary N) is 2. The molecular formula is C20H18N4O5S. The number of urea groups is 1. The maximum absolute atomic E-state index is 12.5. The van der Waals surface area contributed by atoms with Gasteiger partial charge >= 0.3 is 12.0 Å². The van der Waals surface area contributed by atoms with Crippen LogP contribution in [0.4, 0.5) is 10.5 Å². The Balaban J connectivity index is 1.48. The summed E-state index contributed by atoms with van der Waals surface area (Å²) in [5.74, 6) is -3.25. The zero-order chi connectivity index (χ0) is 21.4. The first-order valence-electron chi connectivity index (χ1n) is 9.19. The molecule has 2 heterocycles. The van der Waals surface area contributed by atoms with Gasteiger partial charge < -0.3 is 15.7 Å². The second kappa shape index (κ2) is 7.71. The summed E-state index contributed by atoms with van der Waals surface area (Å²) >= 11 is 1.18. The van der Waals surface area contributed by atoms with Gasteiger partial charge in [0.15, 0.2) is 5.84 Å². The number of rotatable bonds is 5. The summed E-state index contributed by atoms with van der Waals surface area (Å²) in [4.78, 5) is 53.1. The third kappa shape index (κ3) is 3.69. The number of amidine groups is 1. The van der Waals surface area contributed by atoms with E-state index in [4.69, 9.17) is 0 Å². The highest BCUT2D eigenvalue weighted by Gasteiger charge is 2.41. The van der Waals surface area contributed by atoms with Gasteiger partial charge in [0.25, 0.3) is 11.7 Å². The van der Waals surface area contributed by atoms with Gasteiger partial charge in [0.1, 0.15) is 0 Å². The summed E-state index contributed by atoms with van der Waals surface area (Å²) < 4.78 is 0. The summed E-state index contributed by atoms with van der Waals surface area (Å²) in [6, 6.07) is 9.37. The normalized spacial score (nSPS) is 23.0. The molecular weight excluding hydrogens is 408 g/mol. The van der Waals surface area contributed by atoms with Crippen molar-refractivity contribution in [3.05, 3.63) is 52.2 Å². The number of nitrogens with zero attached hydrogens (tertiary/aromatic N) is 2. The molecule has 0 bridgehead atoms. The average molecular weight is 426 g/mol. The van der Waals surface area contributed by atoms with Crippen molar-refractivity contribution >= 4 is 46.6 Å². The van der Waals surface area contributed by atoms with Crippen LogP contribution < -0.4 is 10.6 Å². The van der Waals surface area contributed by atoms with E-state index in [9.17, 15) is 24.3 Å². The lowest BCUT2D eigenvalue weighted by Gasteiger charge is -2.25. The van der Waals surface area contributed by atoms with Crippen LogP contribution in [0.2, 0.25) is 0 Å². The number of carboxylic acids is 1. The van der Waals surface area contributed by atoms with Crippen LogP contribution in [0.1, 0.15) is 22.8 Å². The summed E-state index contributed by atoms with van der Waals surface area (Å²) in [6.07, 6.45) is 0.847. The number of benzene rings is 1. The molecule has 0 saturated heterocycles. The van der Waals surface area contributed by atoms with Crippen molar-refractivity contribution in [3.63, 3.8) is 0 Å². The third-order valence-electron chi connectivity index (χ3n) is 5.02. The summed E-state index contributed by atoms with van der Waals surface area (Å²) in [6.45, 7) is 0. The van der Waals surface area contributed by atoms with E-state index in [-0.39, 0.29) is 17.8 Å². The minimum atomic E-state index is -1.79. The molecule has 3 amide bonds. The molecule has 3 atom stereocenters. The SMILES string of the molecule is CN1C(=O)C(=O)C(C(=O)O)N=C1c1sccc1NC(=O)NC1CC1c1ccccc1. The molecule has 2 aromatic rings. The van der Waals surface area contributed by atoms with Gasteiger partial charge in [-0.3, -0.25) is 14.5 Å². The van der Waals surface area contributed by atoms with Gasteiger partial charge in [0.05, 0.1) is 10.6 Å². The predicted molar refractivity (Wildman–Crippen MR) is 110 cm³/mol. The van der Waals surface area contributed by atoms with Crippen molar-refractivity contribution in [2.45, 2.75) is 24.4 Å². The van der Waals surface area contributed by atoms with Crippen LogP contribution in [0, 0.1) is 0 Å². The molecule has 1 saturated carbocycles. The van der Waals surface area contributed by atoms with Crippen LogP contribution in [0.5, 0.6) is 0 Å². The zero-order valence-corrected chi connectivity index (χ0v) is 16.7. The highest BCUT2D eigenvalue weighted by Crippen LogP contribution is 2.40. The minimum absolute atomic E-state index is 0.0276. The molecule has 3 unspecified atom stereocenters. The molecule has 1 aromatic heterocycles. The van der Waals surface area contributed by atoms with Gasteiger partial charge in [0.2, 0.25) is 6.04 Å². The second-order valence-corrected chi connectivity index (χ2v) is 7.96. The topological polar surface area (TPSA) is 128 Å². The summed E-state index contributed by atoms with van der Waals surface area (Å²) in [5, 5.41) is 16.5. The molecule has 1 aliphatic heterocycles. The van der Waals surface area contributed by atoms with Crippen molar-refractivity contribution < 1.29 is 24.3 Å². The molecule has 0 spiro atoms. The van der Waals surface area contributed by atoms with Crippen LogP contribution in [-0.2, 0) is 14.4 Å². The highest BCUT2D eigenvalue weighted by atomic mass is 32.1. The van der Waals surface area contributed by atoms with Gasteiger partial charge in [-0.25, -0.2) is 14.6 Å². The van der Waals surface area contributed by atoms with Crippen LogP contribution in [0.25, 0.3) is 0 Å². The fourth-order valence-corrected chi connectivity index (χ4v) is 4.24. The van der Waals surface area contributed by atoms with Crippen molar-refractivity contribution in [1.82, 2.24) is 10.2 Å². The molecule has 10 heteroatoms. The first kappa shape index (κ1) is 19.8. The molecule has 0 radical (unpaired) electrons. The lowest BCUT2D eigenvalue weighted by molar-refractivity contribution is -0.149. The smallest absolute Gasteiger partial charge is 0.336 e. The number of aliphatic imine (C=N–C) groups is 1. The number of aliphatic carboxylic acids is 1. The predicted octanol–water partition coefficient (Wildman–Crippen LogP) is 1.67. The van der Waals surface area contributed by atoms with E-state index in [1.165, 1.54) is 23.9 Å². The number of amides is 3. The Hall–Kier alpha value is -3.53. The lowest BCUT2D eigenvalue weighted by Crippen LogP contribution is -2.50. The number of hydrogen-bond donors (Lipinski definition) is 3. The number of likely N-dealkylation sites (N-methyl/N-ethyl adjacent to an activating group) is 1. The number of carboxylic acid groups (broad SMARTS) is 1.